The topological polar surface area (TPSA) is 77.1 Å². The van der Waals surface area contributed by atoms with Crippen molar-refractivity contribution in [3.63, 3.8) is 0 Å². The molecular formula is C30H35ClN2O5. The second kappa shape index (κ2) is 13.2. The standard InChI is InChI=1S/C30H35ClN2O5/c1-30(2,3)32-29(35)27(15-21-10-7-6-8-11-21)33(19-22-12-9-13-23(31)14-22)28(34)20-38-26-17-24(36-4)16-25(18-26)37-5/h6-14,16-18,27H,15,19-20H2,1-5H3,(H,32,35)/t27-/m1/s1. The summed E-state index contributed by atoms with van der Waals surface area (Å²) in [7, 11) is 3.08. The number of nitrogens with one attached hydrogen (secondary N) is 1. The van der Waals surface area contributed by atoms with Crippen LogP contribution in [0.25, 0.3) is 0 Å². The highest BCUT2D eigenvalue weighted by Crippen LogP contribution is 2.27. The summed E-state index contributed by atoms with van der Waals surface area (Å²) in [6.07, 6.45) is 0.335. The van der Waals surface area contributed by atoms with Gasteiger partial charge in [0.05, 0.1) is 14.2 Å². The fraction of sp³-hybridized carbons (Fsp3) is 0.333. The second-order valence-electron chi connectivity index (χ2n) is 9.93. The van der Waals surface area contributed by atoms with E-state index in [0.717, 1.165) is 11.1 Å². The summed E-state index contributed by atoms with van der Waals surface area (Å²) in [6, 6.07) is 21.2. The fourth-order valence-electron chi connectivity index (χ4n) is 3.93. The molecule has 0 spiro atoms. The van der Waals surface area contributed by atoms with E-state index in [1.165, 1.54) is 0 Å². The van der Waals surface area contributed by atoms with Crippen LogP contribution in [0.4, 0.5) is 0 Å². The van der Waals surface area contributed by atoms with Gasteiger partial charge in [-0.25, -0.2) is 0 Å². The van der Waals surface area contributed by atoms with Crippen molar-refractivity contribution in [2.24, 2.45) is 0 Å². The third-order valence-corrected chi connectivity index (χ3v) is 5.93. The highest BCUT2D eigenvalue weighted by atomic mass is 35.5. The Balaban J connectivity index is 1.94. The highest BCUT2D eigenvalue weighted by Gasteiger charge is 2.32. The van der Waals surface area contributed by atoms with Crippen molar-refractivity contribution in [1.29, 1.82) is 0 Å². The average Bonchev–Trinajstić information content (AvgIpc) is 2.88. The third-order valence-electron chi connectivity index (χ3n) is 5.70. The number of methoxy groups -OCH3 is 2. The lowest BCUT2D eigenvalue weighted by atomic mass is 10.0. The van der Waals surface area contributed by atoms with E-state index in [1.807, 2.05) is 63.2 Å². The minimum absolute atomic E-state index is 0.180. The van der Waals surface area contributed by atoms with Gasteiger partial charge in [-0.3, -0.25) is 9.59 Å². The Kier molecular flexibility index (Phi) is 10.0. The quantitative estimate of drug-likeness (QED) is 0.359. The molecule has 0 bridgehead atoms. The molecule has 2 amide bonds. The summed E-state index contributed by atoms with van der Waals surface area (Å²) < 4.78 is 16.5. The van der Waals surface area contributed by atoms with E-state index in [2.05, 4.69) is 5.32 Å². The van der Waals surface area contributed by atoms with Crippen molar-refractivity contribution in [3.05, 3.63) is 88.9 Å². The van der Waals surface area contributed by atoms with Gasteiger partial charge >= 0.3 is 0 Å². The Morgan fingerprint density at radius 1 is 0.868 bits per heavy atom. The molecule has 1 atom stereocenters. The summed E-state index contributed by atoms with van der Waals surface area (Å²) in [5, 5.41) is 3.59. The summed E-state index contributed by atoms with van der Waals surface area (Å²) >= 11 is 6.23. The van der Waals surface area contributed by atoms with Crippen LogP contribution in [-0.2, 0) is 22.6 Å². The van der Waals surface area contributed by atoms with Crippen LogP contribution in [0.15, 0.2) is 72.8 Å². The molecule has 0 saturated heterocycles. The first-order chi connectivity index (χ1) is 18.1. The van der Waals surface area contributed by atoms with Gasteiger partial charge < -0.3 is 24.4 Å². The lowest BCUT2D eigenvalue weighted by Crippen LogP contribution is -2.55. The van der Waals surface area contributed by atoms with Gasteiger partial charge in [-0.2, -0.15) is 0 Å². The van der Waals surface area contributed by atoms with Gasteiger partial charge in [0.2, 0.25) is 5.91 Å². The van der Waals surface area contributed by atoms with E-state index < -0.39 is 11.6 Å². The van der Waals surface area contributed by atoms with Crippen LogP contribution in [0.1, 0.15) is 31.9 Å². The first kappa shape index (κ1) is 28.9. The number of hydrogen-bond acceptors (Lipinski definition) is 5. The third kappa shape index (κ3) is 8.70. The zero-order valence-corrected chi connectivity index (χ0v) is 23.2. The Labute approximate surface area is 229 Å². The van der Waals surface area contributed by atoms with Crippen molar-refractivity contribution >= 4 is 23.4 Å². The van der Waals surface area contributed by atoms with Crippen LogP contribution < -0.4 is 19.5 Å². The molecule has 202 valence electrons. The normalized spacial score (nSPS) is 11.8. The van der Waals surface area contributed by atoms with Gasteiger partial charge in [0.15, 0.2) is 6.61 Å². The average molecular weight is 539 g/mol. The van der Waals surface area contributed by atoms with Crippen molar-refractivity contribution in [2.75, 3.05) is 20.8 Å². The lowest BCUT2D eigenvalue weighted by Gasteiger charge is -2.33. The van der Waals surface area contributed by atoms with E-state index in [0.29, 0.717) is 28.7 Å². The first-order valence-corrected chi connectivity index (χ1v) is 12.7. The molecule has 3 aromatic rings. The number of hydrogen-bond donors (Lipinski definition) is 1. The summed E-state index contributed by atoms with van der Waals surface area (Å²) in [4.78, 5) is 28.9. The Morgan fingerprint density at radius 2 is 1.47 bits per heavy atom. The predicted octanol–water partition coefficient (Wildman–Crippen LogP) is 5.29. The van der Waals surface area contributed by atoms with E-state index in [9.17, 15) is 9.59 Å². The van der Waals surface area contributed by atoms with E-state index in [4.69, 9.17) is 25.8 Å². The van der Waals surface area contributed by atoms with Crippen LogP contribution in [0.5, 0.6) is 17.2 Å². The summed E-state index contributed by atoms with van der Waals surface area (Å²) in [5.74, 6) is 0.885. The SMILES string of the molecule is COc1cc(OC)cc(OCC(=O)N(Cc2cccc(Cl)c2)[C@H](Cc2ccccc2)C(=O)NC(C)(C)C)c1. The lowest BCUT2D eigenvalue weighted by molar-refractivity contribution is -0.143. The van der Waals surface area contributed by atoms with Gasteiger partial charge in [-0.05, 0) is 44.0 Å². The minimum atomic E-state index is -0.786. The van der Waals surface area contributed by atoms with Crippen molar-refractivity contribution < 1.29 is 23.8 Å². The Morgan fingerprint density at radius 3 is 2.05 bits per heavy atom. The largest absolute Gasteiger partial charge is 0.496 e. The van der Waals surface area contributed by atoms with E-state index in [-0.39, 0.29) is 25.0 Å². The molecule has 0 heterocycles. The van der Waals surface area contributed by atoms with Gasteiger partial charge in [0.25, 0.3) is 5.91 Å². The van der Waals surface area contributed by atoms with Crippen molar-refractivity contribution in [3.8, 4) is 17.2 Å². The zero-order chi connectivity index (χ0) is 27.7. The molecule has 0 aliphatic rings. The highest BCUT2D eigenvalue weighted by molar-refractivity contribution is 6.30. The molecule has 0 aromatic heterocycles. The van der Waals surface area contributed by atoms with Gasteiger partial charge in [0.1, 0.15) is 23.3 Å². The van der Waals surface area contributed by atoms with Crippen LogP contribution in [0.2, 0.25) is 5.02 Å². The monoisotopic (exact) mass is 538 g/mol. The van der Waals surface area contributed by atoms with Gasteiger partial charge in [0, 0.05) is 41.7 Å². The Bertz CT molecular complexity index is 1200. The van der Waals surface area contributed by atoms with Gasteiger partial charge in [-0.15, -0.1) is 0 Å². The van der Waals surface area contributed by atoms with Crippen LogP contribution in [0.3, 0.4) is 0 Å². The van der Waals surface area contributed by atoms with Crippen LogP contribution in [0, 0.1) is 0 Å². The number of ether oxygens (including phenoxy) is 3. The summed E-state index contributed by atoms with van der Waals surface area (Å²) in [5.41, 5.74) is 1.25. The molecule has 1 N–H and O–H groups in total. The zero-order valence-electron chi connectivity index (χ0n) is 22.5. The summed E-state index contributed by atoms with van der Waals surface area (Å²) in [6.45, 7) is 5.62. The van der Waals surface area contributed by atoms with Crippen LogP contribution in [-0.4, -0.2) is 49.1 Å². The number of carbonyl (C=O) groups excluding carboxylic acids is 2. The fourth-order valence-corrected chi connectivity index (χ4v) is 4.14. The molecule has 0 unspecified atom stereocenters. The number of rotatable bonds is 11. The second-order valence-corrected chi connectivity index (χ2v) is 10.4. The van der Waals surface area contributed by atoms with Crippen LogP contribution >= 0.6 is 11.6 Å². The molecule has 0 fully saturated rings. The number of halogens is 1. The molecule has 7 nitrogen and oxygen atoms in total. The molecule has 8 heteroatoms. The smallest absolute Gasteiger partial charge is 0.261 e. The van der Waals surface area contributed by atoms with Crippen molar-refractivity contribution in [2.45, 2.75) is 45.3 Å². The maximum absolute atomic E-state index is 13.7. The molecule has 0 aliphatic carbocycles. The van der Waals surface area contributed by atoms with Gasteiger partial charge in [-0.1, -0.05) is 54.1 Å². The molecule has 3 aromatic carbocycles. The minimum Gasteiger partial charge on any atom is -0.496 e. The molecule has 3 rings (SSSR count). The predicted molar refractivity (Wildman–Crippen MR) is 149 cm³/mol. The van der Waals surface area contributed by atoms with E-state index in [1.54, 1.807) is 49.5 Å². The molecular weight excluding hydrogens is 504 g/mol. The number of nitrogens with zero attached hydrogens (tertiary/aromatic N) is 1. The molecule has 38 heavy (non-hydrogen) atoms. The first-order valence-electron chi connectivity index (χ1n) is 12.3. The number of benzene rings is 3. The Hall–Kier alpha value is -3.71. The molecule has 0 aliphatic heterocycles. The molecule has 0 saturated carbocycles. The maximum atomic E-state index is 13.7. The van der Waals surface area contributed by atoms with E-state index >= 15 is 0 Å². The molecule has 0 radical (unpaired) electrons. The number of amides is 2. The maximum Gasteiger partial charge on any atom is 0.261 e. The van der Waals surface area contributed by atoms with Crippen molar-refractivity contribution in [1.82, 2.24) is 10.2 Å². The number of carbonyl (C=O) groups is 2.